The summed E-state index contributed by atoms with van der Waals surface area (Å²) in [5.74, 6) is -0.573. The quantitative estimate of drug-likeness (QED) is 0.378. The van der Waals surface area contributed by atoms with Crippen molar-refractivity contribution in [3.63, 3.8) is 0 Å². The zero-order valence-corrected chi connectivity index (χ0v) is 25.3. The Labute approximate surface area is 220 Å². The number of aromatic nitrogens is 2. The van der Waals surface area contributed by atoms with Gasteiger partial charge in [-0.15, -0.1) is 0 Å². The molecule has 1 aromatic rings. The number of aromatic amines is 1. The Balaban J connectivity index is 2.14. The van der Waals surface area contributed by atoms with E-state index in [-0.39, 0.29) is 35.4 Å². The van der Waals surface area contributed by atoms with Crippen molar-refractivity contribution in [1.29, 1.82) is 0 Å². The fraction of sp³-hybridized carbons (Fsp3) is 0.792. The van der Waals surface area contributed by atoms with Crippen molar-refractivity contribution >= 4 is 23.1 Å². The second kappa shape index (κ2) is 11.6. The second-order valence-electron chi connectivity index (χ2n) is 11.0. The van der Waals surface area contributed by atoms with Crippen LogP contribution in [-0.2, 0) is 32.0 Å². The number of hydrogen-bond acceptors (Lipinski definition) is 9. The van der Waals surface area contributed by atoms with Gasteiger partial charge in [0.05, 0.1) is 13.7 Å². The fourth-order valence-corrected chi connectivity index (χ4v) is 16.6. The van der Waals surface area contributed by atoms with Gasteiger partial charge in [-0.25, -0.2) is 9.59 Å². The molecule has 0 unspecified atom stereocenters. The molecule has 2 aliphatic heterocycles. The number of methoxy groups -OCH3 is 1. The summed E-state index contributed by atoms with van der Waals surface area (Å²) in [6.45, 7) is 16.8. The molecule has 4 atom stereocenters. The molecular formula is C24H42N2O9Si2. The molecule has 0 aromatic carbocycles. The predicted molar refractivity (Wildman–Crippen MR) is 141 cm³/mol. The first-order valence-corrected chi connectivity index (χ1v) is 16.9. The molecule has 37 heavy (non-hydrogen) atoms. The minimum Gasteiger partial charge on any atom is -0.467 e. The molecule has 2 aliphatic rings. The molecule has 0 spiro atoms. The van der Waals surface area contributed by atoms with Crippen molar-refractivity contribution in [3.05, 3.63) is 33.1 Å². The second-order valence-corrected chi connectivity index (χ2v) is 19.8. The molecule has 2 saturated heterocycles. The number of carbonyl (C=O) groups excluding carboxylic acids is 1. The van der Waals surface area contributed by atoms with Gasteiger partial charge >= 0.3 is 28.8 Å². The highest BCUT2D eigenvalue weighted by Gasteiger charge is 2.62. The van der Waals surface area contributed by atoms with E-state index in [1.165, 1.54) is 23.9 Å². The van der Waals surface area contributed by atoms with Crippen LogP contribution in [0.2, 0.25) is 22.2 Å². The summed E-state index contributed by atoms with van der Waals surface area (Å²) in [7, 11) is -4.54. The van der Waals surface area contributed by atoms with E-state index in [4.69, 9.17) is 27.2 Å². The van der Waals surface area contributed by atoms with E-state index in [2.05, 4.69) is 60.4 Å². The smallest absolute Gasteiger partial charge is 0.335 e. The molecule has 1 aromatic heterocycles. The van der Waals surface area contributed by atoms with Gasteiger partial charge in [0, 0.05) is 12.3 Å². The van der Waals surface area contributed by atoms with Gasteiger partial charge < -0.3 is 27.2 Å². The Hall–Kier alpha value is -1.62. The molecule has 1 N–H and O–H groups in total. The first-order valence-electron chi connectivity index (χ1n) is 13.0. The van der Waals surface area contributed by atoms with Gasteiger partial charge in [-0.2, -0.15) is 0 Å². The largest absolute Gasteiger partial charge is 0.467 e. The molecule has 3 heterocycles. The fourth-order valence-electron chi connectivity index (χ4n) is 5.37. The molecule has 0 aliphatic carbocycles. The topological polar surface area (TPSA) is 127 Å². The summed E-state index contributed by atoms with van der Waals surface area (Å²) in [4.78, 5) is 38.7. The predicted octanol–water partition coefficient (Wildman–Crippen LogP) is 2.95. The van der Waals surface area contributed by atoms with E-state index in [1.807, 2.05) is 0 Å². The van der Waals surface area contributed by atoms with Gasteiger partial charge in [0.2, 0.25) is 0 Å². The zero-order chi connectivity index (χ0) is 27.7. The van der Waals surface area contributed by atoms with E-state index in [1.54, 1.807) is 0 Å². The van der Waals surface area contributed by atoms with Crippen LogP contribution in [-0.4, -0.2) is 71.3 Å². The Morgan fingerprint density at radius 3 is 2.16 bits per heavy atom. The maximum atomic E-state index is 12.7. The van der Waals surface area contributed by atoms with Crippen LogP contribution in [0.3, 0.4) is 0 Å². The lowest BCUT2D eigenvalue weighted by molar-refractivity contribution is -0.152. The van der Waals surface area contributed by atoms with Crippen LogP contribution in [0.25, 0.3) is 0 Å². The van der Waals surface area contributed by atoms with E-state index < -0.39 is 58.9 Å². The summed E-state index contributed by atoms with van der Waals surface area (Å²) in [6.07, 6.45) is -1.75. The number of ether oxygens (including phenoxy) is 3. The lowest BCUT2D eigenvalue weighted by Gasteiger charge is -2.51. The van der Waals surface area contributed by atoms with Crippen molar-refractivity contribution in [2.75, 3.05) is 20.3 Å². The third-order valence-corrected chi connectivity index (χ3v) is 17.6. The highest BCUT2D eigenvalue weighted by atomic mass is 28.5. The van der Waals surface area contributed by atoms with Crippen LogP contribution in [0.1, 0.15) is 61.6 Å². The van der Waals surface area contributed by atoms with Crippen molar-refractivity contribution in [3.8, 4) is 0 Å². The third-order valence-electron chi connectivity index (χ3n) is 7.36. The van der Waals surface area contributed by atoms with Crippen LogP contribution in [0.5, 0.6) is 0 Å². The number of H-pyrrole nitrogens is 1. The van der Waals surface area contributed by atoms with E-state index in [0.717, 1.165) is 0 Å². The van der Waals surface area contributed by atoms with Crippen molar-refractivity contribution in [2.45, 2.75) is 102 Å². The third kappa shape index (κ3) is 5.72. The summed E-state index contributed by atoms with van der Waals surface area (Å²) in [6, 6.07) is 1.24. The van der Waals surface area contributed by atoms with Crippen LogP contribution in [0.4, 0.5) is 0 Å². The van der Waals surface area contributed by atoms with Gasteiger partial charge in [0.15, 0.2) is 6.23 Å². The lowest BCUT2D eigenvalue weighted by Crippen LogP contribution is -2.66. The SMILES string of the molecule is COC(=O)CO[C@@H]1[C@@H]2O[Si](C(C)C)(C(C)C)O[Si](C(C)C)(C(C)C)OC[C@H]2O[C@H]1n1ccc(=O)[nH]c1=O. The Bertz CT molecular complexity index is 1040. The zero-order valence-electron chi connectivity index (χ0n) is 23.3. The number of fused-ring (bicyclic) bond motifs is 1. The van der Waals surface area contributed by atoms with Crippen LogP contribution < -0.4 is 11.2 Å². The summed E-state index contributed by atoms with van der Waals surface area (Å²) < 4.78 is 39.5. The number of hydrogen-bond donors (Lipinski definition) is 1. The Morgan fingerprint density at radius 2 is 1.65 bits per heavy atom. The van der Waals surface area contributed by atoms with E-state index in [0.29, 0.717) is 0 Å². The van der Waals surface area contributed by atoms with E-state index in [9.17, 15) is 14.4 Å². The minimum absolute atomic E-state index is 0.0651. The molecule has 0 amide bonds. The van der Waals surface area contributed by atoms with Gasteiger partial charge in [-0.1, -0.05) is 55.4 Å². The molecular weight excluding hydrogens is 516 g/mol. The first-order chi connectivity index (χ1) is 17.3. The normalized spacial score (nSPS) is 27.4. The van der Waals surface area contributed by atoms with Crippen molar-refractivity contribution < 1.29 is 32.0 Å². The molecule has 13 heteroatoms. The first kappa shape index (κ1) is 29.9. The number of esters is 1. The maximum absolute atomic E-state index is 12.7. The van der Waals surface area contributed by atoms with Gasteiger partial charge in [-0.3, -0.25) is 14.3 Å². The van der Waals surface area contributed by atoms with Crippen LogP contribution in [0, 0.1) is 0 Å². The Kier molecular flexibility index (Phi) is 9.41. The number of nitrogens with zero attached hydrogens (tertiary/aromatic N) is 1. The minimum atomic E-state index is -3.01. The molecule has 2 fully saturated rings. The maximum Gasteiger partial charge on any atom is 0.335 e. The monoisotopic (exact) mass is 558 g/mol. The highest BCUT2D eigenvalue weighted by Crippen LogP contribution is 2.48. The molecule has 0 saturated carbocycles. The van der Waals surface area contributed by atoms with Gasteiger partial charge in [0.1, 0.15) is 24.9 Å². The summed E-state index contributed by atoms with van der Waals surface area (Å²) in [5.41, 5.74) is -0.739. The van der Waals surface area contributed by atoms with Crippen LogP contribution in [0.15, 0.2) is 21.9 Å². The standard InChI is InChI=1S/C24H42N2O9Si2/c1-14(2)36(15(3)4)32-12-18-21(34-37(35-36,16(5)6)17(7)8)22(31-13-20(28)30-9)23(33-18)26-11-10-19(27)25-24(26)29/h10-11,14-18,21-23H,12-13H2,1-9H3,(H,25,27,29)/t18-,21-,22-,23-/m1/s1. The van der Waals surface area contributed by atoms with Crippen molar-refractivity contribution in [2.24, 2.45) is 0 Å². The average Bonchev–Trinajstić information content (AvgIpc) is 3.12. The van der Waals surface area contributed by atoms with E-state index >= 15 is 0 Å². The summed E-state index contributed by atoms with van der Waals surface area (Å²) >= 11 is 0. The molecule has 210 valence electrons. The number of nitrogens with one attached hydrogen (secondary N) is 1. The number of rotatable bonds is 8. The highest BCUT2D eigenvalue weighted by molar-refractivity contribution is 6.83. The van der Waals surface area contributed by atoms with Gasteiger partial charge in [0.25, 0.3) is 5.56 Å². The number of carbonyl (C=O) groups is 1. The molecule has 3 rings (SSSR count). The molecule has 0 bridgehead atoms. The summed E-state index contributed by atoms with van der Waals surface area (Å²) in [5, 5.41) is 0. The van der Waals surface area contributed by atoms with Crippen molar-refractivity contribution in [1.82, 2.24) is 9.55 Å². The van der Waals surface area contributed by atoms with Gasteiger partial charge in [-0.05, 0) is 22.2 Å². The average molecular weight is 559 g/mol. The molecule has 0 radical (unpaired) electrons. The lowest BCUT2D eigenvalue weighted by atomic mass is 10.1. The Morgan fingerprint density at radius 1 is 1.05 bits per heavy atom. The van der Waals surface area contributed by atoms with Crippen LogP contribution >= 0.6 is 0 Å². The molecule has 11 nitrogen and oxygen atoms in total.